The summed E-state index contributed by atoms with van der Waals surface area (Å²) >= 11 is 1.57. The van der Waals surface area contributed by atoms with E-state index in [2.05, 4.69) is 25.9 Å². The molecule has 1 unspecified atom stereocenters. The van der Waals surface area contributed by atoms with Crippen molar-refractivity contribution in [1.82, 2.24) is 15.3 Å². The van der Waals surface area contributed by atoms with E-state index in [9.17, 15) is 0 Å². The quantitative estimate of drug-likeness (QED) is 0.552. The molecule has 118 valence electrons. The predicted molar refractivity (Wildman–Crippen MR) is 96.4 cm³/mol. The Morgan fingerprint density at radius 3 is 3.09 bits per heavy atom. The van der Waals surface area contributed by atoms with Crippen LogP contribution in [-0.2, 0) is 0 Å². The van der Waals surface area contributed by atoms with Gasteiger partial charge in [-0.05, 0) is 37.2 Å². The first-order valence-corrected chi connectivity index (χ1v) is 8.44. The summed E-state index contributed by atoms with van der Waals surface area (Å²) in [5, 5.41) is 11.0. The van der Waals surface area contributed by atoms with Crippen LogP contribution < -0.4 is 21.7 Å². The van der Waals surface area contributed by atoms with E-state index in [4.69, 9.17) is 5.73 Å². The number of pyridine rings is 1. The molecule has 2 aromatic heterocycles. The van der Waals surface area contributed by atoms with Crippen LogP contribution in [0.25, 0.3) is 10.2 Å². The minimum absolute atomic E-state index is 0.482. The zero-order valence-corrected chi connectivity index (χ0v) is 13.4. The lowest BCUT2D eigenvalue weighted by Crippen LogP contribution is -2.22. The fourth-order valence-electron chi connectivity index (χ4n) is 2.71. The molecule has 1 aliphatic heterocycles. The number of hydrogen-bond acceptors (Lipinski definition) is 7. The molecule has 3 heterocycles. The largest absolute Gasteiger partial charge is 0.399 e. The minimum Gasteiger partial charge on any atom is -0.399 e. The fraction of sp³-hybridized carbons (Fsp3) is 0.250. The molecule has 1 aromatic carbocycles. The van der Waals surface area contributed by atoms with Crippen molar-refractivity contribution in [1.29, 1.82) is 0 Å². The van der Waals surface area contributed by atoms with Crippen LogP contribution >= 0.6 is 11.3 Å². The Hall–Kier alpha value is -2.38. The van der Waals surface area contributed by atoms with E-state index >= 15 is 0 Å². The maximum absolute atomic E-state index is 5.82. The Morgan fingerprint density at radius 1 is 1.26 bits per heavy atom. The second kappa shape index (κ2) is 6.02. The third-order valence-electron chi connectivity index (χ3n) is 3.84. The number of nitrogens with zero attached hydrogens (tertiary/aromatic N) is 2. The first-order valence-electron chi connectivity index (χ1n) is 7.63. The molecular weight excluding hydrogens is 308 g/mol. The van der Waals surface area contributed by atoms with Gasteiger partial charge >= 0.3 is 0 Å². The number of benzene rings is 1. The molecule has 4 rings (SSSR count). The van der Waals surface area contributed by atoms with Gasteiger partial charge in [0.15, 0.2) is 5.13 Å². The molecule has 0 aliphatic carbocycles. The molecule has 1 atom stereocenters. The predicted octanol–water partition coefficient (Wildman–Crippen LogP) is 2.79. The van der Waals surface area contributed by atoms with E-state index in [0.717, 1.165) is 52.1 Å². The summed E-state index contributed by atoms with van der Waals surface area (Å²) < 4.78 is 1.07. The van der Waals surface area contributed by atoms with Crippen molar-refractivity contribution >= 4 is 43.9 Å². The maximum atomic E-state index is 5.82. The number of hydrogen-bond donors (Lipinski definition) is 4. The lowest BCUT2D eigenvalue weighted by atomic mass is 10.2. The third-order valence-corrected chi connectivity index (χ3v) is 4.77. The van der Waals surface area contributed by atoms with Crippen molar-refractivity contribution in [2.75, 3.05) is 29.5 Å². The summed E-state index contributed by atoms with van der Waals surface area (Å²) in [4.78, 5) is 8.94. The molecular formula is C16H18N6S. The zero-order valence-electron chi connectivity index (χ0n) is 12.5. The normalized spacial score (nSPS) is 17.5. The maximum Gasteiger partial charge on any atom is 0.189 e. The van der Waals surface area contributed by atoms with Crippen LogP contribution in [0.5, 0.6) is 0 Å². The van der Waals surface area contributed by atoms with Crippen LogP contribution in [0.3, 0.4) is 0 Å². The Labute approximate surface area is 138 Å². The Balaban J connectivity index is 1.52. The summed E-state index contributed by atoms with van der Waals surface area (Å²) in [7, 11) is 0. The molecule has 0 saturated carbocycles. The first-order chi connectivity index (χ1) is 11.3. The van der Waals surface area contributed by atoms with Gasteiger partial charge in [0.05, 0.1) is 10.2 Å². The molecule has 0 radical (unpaired) electrons. The lowest BCUT2D eigenvalue weighted by molar-refractivity contribution is 0.793. The van der Waals surface area contributed by atoms with Crippen LogP contribution in [0.1, 0.15) is 6.42 Å². The monoisotopic (exact) mass is 326 g/mol. The zero-order chi connectivity index (χ0) is 15.6. The molecule has 23 heavy (non-hydrogen) atoms. The molecule has 1 saturated heterocycles. The second-order valence-corrected chi connectivity index (χ2v) is 6.67. The Kier molecular flexibility index (Phi) is 3.72. The average molecular weight is 326 g/mol. The topological polar surface area (TPSA) is 87.9 Å². The third kappa shape index (κ3) is 3.20. The molecule has 3 aromatic rings. The number of nitrogens with two attached hydrogens (primary N) is 1. The van der Waals surface area contributed by atoms with E-state index in [0.29, 0.717) is 6.04 Å². The average Bonchev–Trinajstić information content (AvgIpc) is 3.16. The molecule has 1 aliphatic rings. The highest BCUT2D eigenvalue weighted by atomic mass is 32.1. The standard InChI is InChI=1S/C16H18N6S/c17-10-1-2-13-14(7-10)23-16(21-13)22-15-8-11(4-6-19-15)20-12-3-5-18-9-12/h1-2,4,6-8,12,18H,3,5,9,17H2,(H2,19,20,21,22). The van der Waals surface area contributed by atoms with Gasteiger partial charge in [-0.2, -0.15) is 0 Å². The number of nitrogens with one attached hydrogen (secondary N) is 3. The number of anilines is 4. The van der Waals surface area contributed by atoms with Crippen LogP contribution in [0, 0.1) is 0 Å². The van der Waals surface area contributed by atoms with Gasteiger partial charge in [-0.25, -0.2) is 9.97 Å². The van der Waals surface area contributed by atoms with Crippen molar-refractivity contribution in [2.24, 2.45) is 0 Å². The number of thiazole rings is 1. The highest BCUT2D eigenvalue weighted by Crippen LogP contribution is 2.29. The van der Waals surface area contributed by atoms with E-state index < -0.39 is 0 Å². The van der Waals surface area contributed by atoms with Gasteiger partial charge in [-0.15, -0.1) is 0 Å². The lowest BCUT2D eigenvalue weighted by Gasteiger charge is -2.13. The summed E-state index contributed by atoms with van der Waals surface area (Å²) in [6.45, 7) is 2.08. The van der Waals surface area contributed by atoms with E-state index in [1.807, 2.05) is 30.3 Å². The molecule has 0 amide bonds. The van der Waals surface area contributed by atoms with Gasteiger partial charge < -0.3 is 21.7 Å². The van der Waals surface area contributed by atoms with Crippen molar-refractivity contribution in [3.63, 3.8) is 0 Å². The number of nitrogen functional groups attached to an aromatic ring is 1. The van der Waals surface area contributed by atoms with Crippen LogP contribution in [0.4, 0.5) is 22.3 Å². The summed E-state index contributed by atoms with van der Waals surface area (Å²) in [6, 6.07) is 10.2. The number of aromatic nitrogens is 2. The smallest absolute Gasteiger partial charge is 0.189 e. The molecule has 7 heteroatoms. The van der Waals surface area contributed by atoms with Gasteiger partial charge in [0, 0.05) is 36.2 Å². The van der Waals surface area contributed by atoms with Crippen LogP contribution in [0.15, 0.2) is 36.5 Å². The van der Waals surface area contributed by atoms with E-state index in [1.165, 1.54) is 0 Å². The summed E-state index contributed by atoms with van der Waals surface area (Å²) in [5.41, 5.74) is 8.58. The van der Waals surface area contributed by atoms with Gasteiger partial charge in [-0.3, -0.25) is 0 Å². The van der Waals surface area contributed by atoms with Gasteiger partial charge in [0.1, 0.15) is 5.82 Å². The van der Waals surface area contributed by atoms with Gasteiger partial charge in [-0.1, -0.05) is 11.3 Å². The number of fused-ring (bicyclic) bond motifs is 1. The number of rotatable bonds is 4. The van der Waals surface area contributed by atoms with Gasteiger partial charge in [0.25, 0.3) is 0 Å². The molecule has 6 nitrogen and oxygen atoms in total. The molecule has 5 N–H and O–H groups in total. The van der Waals surface area contributed by atoms with Crippen LogP contribution in [-0.4, -0.2) is 29.1 Å². The molecule has 1 fully saturated rings. The van der Waals surface area contributed by atoms with Crippen molar-refractivity contribution < 1.29 is 0 Å². The Morgan fingerprint density at radius 2 is 2.22 bits per heavy atom. The van der Waals surface area contributed by atoms with Crippen molar-refractivity contribution in [3.8, 4) is 0 Å². The SMILES string of the molecule is Nc1ccc2nc(Nc3cc(NC4CCNC4)ccn3)sc2c1. The van der Waals surface area contributed by atoms with Crippen molar-refractivity contribution in [2.45, 2.75) is 12.5 Å². The van der Waals surface area contributed by atoms with E-state index in [-0.39, 0.29) is 0 Å². The summed E-state index contributed by atoms with van der Waals surface area (Å²) in [6.07, 6.45) is 2.95. The molecule has 0 spiro atoms. The second-order valence-electron chi connectivity index (χ2n) is 5.63. The first kappa shape index (κ1) is 14.2. The fourth-order valence-corrected chi connectivity index (χ4v) is 3.63. The minimum atomic E-state index is 0.482. The Bertz CT molecular complexity index is 824. The summed E-state index contributed by atoms with van der Waals surface area (Å²) in [5.74, 6) is 0.785. The highest BCUT2D eigenvalue weighted by molar-refractivity contribution is 7.22. The highest BCUT2D eigenvalue weighted by Gasteiger charge is 2.14. The van der Waals surface area contributed by atoms with Crippen molar-refractivity contribution in [3.05, 3.63) is 36.5 Å². The molecule has 0 bridgehead atoms. The van der Waals surface area contributed by atoms with E-state index in [1.54, 1.807) is 17.5 Å². The van der Waals surface area contributed by atoms with Crippen LogP contribution in [0.2, 0.25) is 0 Å². The van der Waals surface area contributed by atoms with Gasteiger partial charge in [0.2, 0.25) is 0 Å².